The van der Waals surface area contributed by atoms with Crippen LogP contribution >= 0.6 is 0 Å². The number of aromatic nitrogens is 1. The second-order valence-corrected chi connectivity index (χ2v) is 11.7. The summed E-state index contributed by atoms with van der Waals surface area (Å²) >= 11 is 0. The van der Waals surface area contributed by atoms with Crippen molar-refractivity contribution in [2.45, 2.75) is 31.6 Å². The molecular formula is C29H35F4N7O2. The summed E-state index contributed by atoms with van der Waals surface area (Å²) in [6, 6.07) is 5.79. The zero-order valence-corrected chi connectivity index (χ0v) is 23.7. The number of nitrogens with one attached hydrogen (secondary N) is 1. The zero-order valence-electron chi connectivity index (χ0n) is 23.7. The van der Waals surface area contributed by atoms with E-state index in [1.165, 1.54) is 31.0 Å². The van der Waals surface area contributed by atoms with Crippen molar-refractivity contribution < 1.29 is 27.2 Å². The second kappa shape index (κ2) is 11.1. The van der Waals surface area contributed by atoms with Crippen LogP contribution in [0, 0.1) is 18.7 Å². The molecule has 226 valence electrons. The number of aryl methyl sites for hydroxylation is 1. The minimum absolute atomic E-state index is 0.0599. The number of anilines is 3. The number of fused-ring (bicyclic) bond motifs is 2. The van der Waals surface area contributed by atoms with Gasteiger partial charge < -0.3 is 15.1 Å². The second-order valence-electron chi connectivity index (χ2n) is 11.7. The van der Waals surface area contributed by atoms with Crippen molar-refractivity contribution in [1.29, 1.82) is 0 Å². The largest absolute Gasteiger partial charge is 0.416 e. The minimum atomic E-state index is -4.64. The normalized spacial score (nSPS) is 24.4. The number of alkyl halides is 3. The third-order valence-electron chi connectivity index (χ3n) is 9.00. The van der Waals surface area contributed by atoms with Crippen LogP contribution in [0.15, 0.2) is 30.3 Å². The Hall–Kier alpha value is -3.29. The number of amides is 2. The molecule has 5 heterocycles. The van der Waals surface area contributed by atoms with E-state index in [1.54, 1.807) is 6.07 Å². The first kappa shape index (κ1) is 28.8. The SMILES string of the molecule is Cc1cc(C(F)(F)F)cc(N2C(=O)C[C@@H]3CN(CCN4CCN(C5CNC5)CC4)c4c(F)cccc4N(C)C(=O)[C@H]32)n1. The smallest absolute Gasteiger partial charge is 0.366 e. The molecule has 2 atom stereocenters. The molecule has 4 aliphatic heterocycles. The van der Waals surface area contributed by atoms with Crippen molar-refractivity contribution in [1.82, 2.24) is 20.1 Å². The van der Waals surface area contributed by atoms with E-state index in [9.17, 15) is 22.8 Å². The summed E-state index contributed by atoms with van der Waals surface area (Å²) in [4.78, 5) is 40.7. The Balaban J connectivity index is 1.29. The summed E-state index contributed by atoms with van der Waals surface area (Å²) in [6.45, 7) is 8.52. The lowest BCUT2D eigenvalue weighted by atomic mass is 9.95. The van der Waals surface area contributed by atoms with Gasteiger partial charge in [-0.15, -0.1) is 0 Å². The molecule has 9 nitrogen and oxygen atoms in total. The Kier molecular flexibility index (Phi) is 7.60. The molecule has 1 N–H and O–H groups in total. The van der Waals surface area contributed by atoms with Crippen LogP contribution in [0.4, 0.5) is 34.8 Å². The topological polar surface area (TPSA) is 75.3 Å². The van der Waals surface area contributed by atoms with Crippen LogP contribution in [0.2, 0.25) is 0 Å². The van der Waals surface area contributed by atoms with Gasteiger partial charge in [-0.3, -0.25) is 24.3 Å². The summed E-state index contributed by atoms with van der Waals surface area (Å²) in [7, 11) is 1.52. The van der Waals surface area contributed by atoms with Crippen molar-refractivity contribution >= 4 is 29.0 Å². The summed E-state index contributed by atoms with van der Waals surface area (Å²) in [6.07, 6.45) is -4.70. The van der Waals surface area contributed by atoms with Crippen molar-refractivity contribution in [3.8, 4) is 0 Å². The third kappa shape index (κ3) is 5.33. The van der Waals surface area contributed by atoms with Crippen molar-refractivity contribution in [2.75, 3.05) is 80.7 Å². The molecule has 0 bridgehead atoms. The molecule has 0 unspecified atom stereocenters. The van der Waals surface area contributed by atoms with Gasteiger partial charge in [-0.1, -0.05) is 6.07 Å². The van der Waals surface area contributed by atoms with E-state index in [1.807, 2.05) is 4.90 Å². The van der Waals surface area contributed by atoms with Crippen LogP contribution in [-0.4, -0.2) is 105 Å². The van der Waals surface area contributed by atoms with Gasteiger partial charge in [0, 0.05) is 90.0 Å². The van der Waals surface area contributed by atoms with Gasteiger partial charge in [-0.25, -0.2) is 9.37 Å². The van der Waals surface area contributed by atoms with E-state index in [4.69, 9.17) is 0 Å². The number of likely N-dealkylation sites (N-methyl/N-ethyl adjacent to an activating group) is 1. The molecule has 1 aromatic carbocycles. The monoisotopic (exact) mass is 589 g/mol. The number of carbonyl (C=O) groups is 2. The van der Waals surface area contributed by atoms with Crippen LogP contribution < -0.4 is 20.0 Å². The van der Waals surface area contributed by atoms with E-state index in [2.05, 4.69) is 20.1 Å². The maximum absolute atomic E-state index is 15.4. The van der Waals surface area contributed by atoms with Crippen LogP contribution in [0.1, 0.15) is 17.7 Å². The van der Waals surface area contributed by atoms with E-state index in [-0.39, 0.29) is 24.5 Å². The van der Waals surface area contributed by atoms with Gasteiger partial charge in [0.25, 0.3) is 0 Å². The lowest BCUT2D eigenvalue weighted by Crippen LogP contribution is -2.61. The fourth-order valence-electron chi connectivity index (χ4n) is 6.61. The Morgan fingerprint density at radius 1 is 1.05 bits per heavy atom. The van der Waals surface area contributed by atoms with Gasteiger partial charge in [-0.05, 0) is 31.2 Å². The van der Waals surface area contributed by atoms with Crippen LogP contribution in [0.5, 0.6) is 0 Å². The van der Waals surface area contributed by atoms with E-state index < -0.39 is 41.3 Å². The zero-order chi connectivity index (χ0) is 29.8. The van der Waals surface area contributed by atoms with E-state index in [0.717, 1.165) is 56.3 Å². The van der Waals surface area contributed by atoms with E-state index >= 15 is 4.39 Å². The summed E-state index contributed by atoms with van der Waals surface area (Å²) in [5, 5.41) is 3.31. The Bertz CT molecular complexity index is 1360. The number of piperazine rings is 1. The van der Waals surface area contributed by atoms with Crippen LogP contribution in [-0.2, 0) is 15.8 Å². The minimum Gasteiger partial charge on any atom is -0.366 e. The fourth-order valence-corrected chi connectivity index (χ4v) is 6.61. The molecule has 2 amide bonds. The first-order valence-corrected chi connectivity index (χ1v) is 14.4. The maximum atomic E-state index is 15.4. The molecule has 0 spiro atoms. The predicted molar refractivity (Wildman–Crippen MR) is 150 cm³/mol. The third-order valence-corrected chi connectivity index (χ3v) is 9.00. The number of rotatable bonds is 5. The summed E-state index contributed by atoms with van der Waals surface area (Å²) in [5.74, 6) is -2.21. The molecule has 4 aliphatic rings. The van der Waals surface area contributed by atoms with Crippen LogP contribution in [0.25, 0.3) is 0 Å². The molecule has 1 aromatic heterocycles. The highest BCUT2D eigenvalue weighted by Gasteiger charge is 2.49. The highest BCUT2D eigenvalue weighted by Crippen LogP contribution is 2.41. The Labute approximate surface area is 242 Å². The fraction of sp³-hybridized carbons (Fsp3) is 0.552. The van der Waals surface area contributed by atoms with Crippen molar-refractivity contribution in [3.63, 3.8) is 0 Å². The van der Waals surface area contributed by atoms with Gasteiger partial charge in [-0.2, -0.15) is 13.2 Å². The molecule has 3 fully saturated rings. The molecule has 42 heavy (non-hydrogen) atoms. The van der Waals surface area contributed by atoms with Crippen molar-refractivity contribution in [2.24, 2.45) is 5.92 Å². The molecule has 2 aromatic rings. The van der Waals surface area contributed by atoms with Gasteiger partial charge >= 0.3 is 6.18 Å². The number of hydrogen-bond donors (Lipinski definition) is 1. The standard InChI is InChI=1S/C29H35F4N7O2/c1-18-12-20(29(31,32)33)14-24(35-18)40-25(41)13-19-17-39(11-8-37-6-9-38(10-7-37)21-15-34-16-21)27-22(30)4-3-5-23(27)36(2)28(42)26(19)40/h3-5,12,14,19,21,26,34H,6-11,13,15-17H2,1-2H3/t19-,26+/m1/s1. The van der Waals surface area contributed by atoms with Gasteiger partial charge in [0.2, 0.25) is 11.8 Å². The van der Waals surface area contributed by atoms with E-state index in [0.29, 0.717) is 30.5 Å². The van der Waals surface area contributed by atoms with Gasteiger partial charge in [0.05, 0.1) is 16.9 Å². The average molecular weight is 590 g/mol. The van der Waals surface area contributed by atoms with Crippen LogP contribution in [0.3, 0.4) is 0 Å². The predicted octanol–water partition coefficient (Wildman–Crippen LogP) is 2.34. The highest BCUT2D eigenvalue weighted by molar-refractivity contribution is 6.10. The Morgan fingerprint density at radius 3 is 2.45 bits per heavy atom. The number of nitrogens with zero attached hydrogens (tertiary/aromatic N) is 6. The number of hydrogen-bond acceptors (Lipinski definition) is 7. The Morgan fingerprint density at radius 2 is 1.79 bits per heavy atom. The molecular weight excluding hydrogens is 554 g/mol. The lowest BCUT2D eigenvalue weighted by Gasteiger charge is -2.44. The first-order valence-electron chi connectivity index (χ1n) is 14.4. The average Bonchev–Trinajstić information content (AvgIpc) is 3.23. The molecule has 0 saturated carbocycles. The number of carbonyl (C=O) groups excluding carboxylic acids is 2. The maximum Gasteiger partial charge on any atom is 0.416 e. The summed E-state index contributed by atoms with van der Waals surface area (Å²) < 4.78 is 56.4. The molecule has 0 radical (unpaired) electrons. The number of benzene rings is 1. The number of halogens is 4. The molecule has 6 rings (SSSR count). The summed E-state index contributed by atoms with van der Waals surface area (Å²) in [5.41, 5.74) is -0.195. The van der Waals surface area contributed by atoms with Crippen molar-refractivity contribution in [3.05, 3.63) is 47.4 Å². The number of pyridine rings is 1. The quantitative estimate of drug-likeness (QED) is 0.537. The lowest BCUT2D eigenvalue weighted by molar-refractivity contribution is -0.137. The number of para-hydroxylation sites is 1. The molecule has 13 heteroatoms. The molecule has 3 saturated heterocycles. The molecule has 0 aliphatic carbocycles. The van der Waals surface area contributed by atoms with Gasteiger partial charge in [0.1, 0.15) is 17.7 Å². The highest BCUT2D eigenvalue weighted by atomic mass is 19.4. The van der Waals surface area contributed by atoms with Gasteiger partial charge in [0.15, 0.2) is 0 Å². The first-order chi connectivity index (χ1) is 20.0.